The SMILES string of the molecule is COc1ccc(C(=O)NC2(C(=O)O)Cc3ccccc3C2)cc1OCCC1CCCC(C)C1. The van der Waals surface area contributed by atoms with Gasteiger partial charge in [0.05, 0.1) is 13.7 Å². The van der Waals surface area contributed by atoms with Crippen molar-refractivity contribution in [2.24, 2.45) is 11.8 Å². The van der Waals surface area contributed by atoms with Crippen LogP contribution in [0.3, 0.4) is 0 Å². The summed E-state index contributed by atoms with van der Waals surface area (Å²) in [6, 6.07) is 12.6. The van der Waals surface area contributed by atoms with Gasteiger partial charge in [-0.05, 0) is 54.0 Å². The van der Waals surface area contributed by atoms with E-state index < -0.39 is 17.4 Å². The van der Waals surface area contributed by atoms with Crippen LogP contribution in [0.1, 0.15) is 60.5 Å². The van der Waals surface area contributed by atoms with Gasteiger partial charge in [-0.3, -0.25) is 4.79 Å². The van der Waals surface area contributed by atoms with Gasteiger partial charge in [0.1, 0.15) is 5.54 Å². The molecule has 2 N–H and O–H groups in total. The molecule has 176 valence electrons. The van der Waals surface area contributed by atoms with Crippen LogP contribution in [-0.4, -0.2) is 36.2 Å². The molecule has 0 aromatic heterocycles. The average molecular weight is 452 g/mol. The van der Waals surface area contributed by atoms with Crippen LogP contribution in [0, 0.1) is 11.8 Å². The number of hydrogen-bond donors (Lipinski definition) is 2. The van der Waals surface area contributed by atoms with E-state index in [9.17, 15) is 14.7 Å². The van der Waals surface area contributed by atoms with Crippen LogP contribution in [0.2, 0.25) is 0 Å². The Hall–Kier alpha value is -3.02. The van der Waals surface area contributed by atoms with Crippen LogP contribution in [0.5, 0.6) is 11.5 Å². The van der Waals surface area contributed by atoms with Crippen molar-refractivity contribution in [1.29, 1.82) is 0 Å². The monoisotopic (exact) mass is 451 g/mol. The second-order valence-corrected chi connectivity index (χ2v) is 9.60. The Bertz CT molecular complexity index is 992. The van der Waals surface area contributed by atoms with Crippen molar-refractivity contribution in [2.45, 2.75) is 57.4 Å². The highest BCUT2D eigenvalue weighted by Gasteiger charge is 2.45. The summed E-state index contributed by atoms with van der Waals surface area (Å²) < 4.78 is 11.5. The third-order valence-electron chi connectivity index (χ3n) is 7.12. The summed E-state index contributed by atoms with van der Waals surface area (Å²) in [7, 11) is 1.57. The number of nitrogens with one attached hydrogen (secondary N) is 1. The number of amides is 1. The Labute approximate surface area is 195 Å². The Morgan fingerprint density at radius 3 is 2.45 bits per heavy atom. The van der Waals surface area contributed by atoms with Crippen molar-refractivity contribution >= 4 is 11.9 Å². The number of carboxylic acid groups (broad SMARTS) is 1. The number of ether oxygens (including phenoxy) is 2. The fraction of sp³-hybridized carbons (Fsp3) is 0.481. The Morgan fingerprint density at radius 1 is 1.09 bits per heavy atom. The zero-order chi connectivity index (χ0) is 23.4. The standard InChI is InChI=1S/C27H33NO5/c1-18-6-5-7-19(14-18)12-13-33-24-15-20(10-11-23(24)32-2)25(29)28-27(26(30)31)16-21-8-3-4-9-22(21)17-27/h3-4,8-11,15,18-19H,5-7,12-14,16-17H2,1-2H3,(H,28,29)(H,30,31). The van der Waals surface area contributed by atoms with E-state index in [1.165, 1.54) is 25.7 Å². The van der Waals surface area contributed by atoms with Crippen LogP contribution in [0.15, 0.2) is 42.5 Å². The molecule has 1 saturated carbocycles. The maximum Gasteiger partial charge on any atom is 0.330 e. The van der Waals surface area contributed by atoms with Crippen molar-refractivity contribution in [3.63, 3.8) is 0 Å². The number of benzene rings is 2. The van der Waals surface area contributed by atoms with Gasteiger partial charge >= 0.3 is 5.97 Å². The van der Waals surface area contributed by atoms with Gasteiger partial charge in [-0.2, -0.15) is 0 Å². The lowest BCUT2D eigenvalue weighted by Crippen LogP contribution is -2.55. The van der Waals surface area contributed by atoms with Crippen molar-refractivity contribution in [1.82, 2.24) is 5.32 Å². The predicted octanol–water partition coefficient (Wildman–Crippen LogP) is 4.64. The smallest absolute Gasteiger partial charge is 0.330 e. The number of hydrogen-bond acceptors (Lipinski definition) is 4. The minimum Gasteiger partial charge on any atom is -0.493 e. The molecular formula is C27H33NO5. The maximum atomic E-state index is 13.1. The molecule has 2 aromatic rings. The van der Waals surface area contributed by atoms with Crippen molar-refractivity contribution < 1.29 is 24.2 Å². The van der Waals surface area contributed by atoms with Crippen molar-refractivity contribution in [2.75, 3.05) is 13.7 Å². The predicted molar refractivity (Wildman–Crippen MR) is 126 cm³/mol. The van der Waals surface area contributed by atoms with Crippen LogP contribution in [0.25, 0.3) is 0 Å². The molecule has 2 atom stereocenters. The third-order valence-corrected chi connectivity index (χ3v) is 7.12. The summed E-state index contributed by atoms with van der Waals surface area (Å²) in [5.41, 5.74) is 0.917. The highest BCUT2D eigenvalue weighted by atomic mass is 16.5. The van der Waals surface area contributed by atoms with Gasteiger partial charge < -0.3 is 19.9 Å². The van der Waals surface area contributed by atoms with Crippen LogP contribution in [0.4, 0.5) is 0 Å². The highest BCUT2D eigenvalue weighted by molar-refractivity contribution is 5.99. The molecule has 0 bridgehead atoms. The number of carbonyl (C=O) groups is 2. The second kappa shape index (κ2) is 9.86. The molecule has 6 nitrogen and oxygen atoms in total. The highest BCUT2D eigenvalue weighted by Crippen LogP contribution is 2.34. The molecule has 2 unspecified atom stereocenters. The lowest BCUT2D eigenvalue weighted by atomic mass is 9.81. The van der Waals surface area contributed by atoms with Crippen molar-refractivity contribution in [3.8, 4) is 11.5 Å². The minimum atomic E-state index is -1.35. The Balaban J connectivity index is 1.45. The van der Waals surface area contributed by atoms with E-state index in [4.69, 9.17) is 9.47 Å². The quantitative estimate of drug-likeness (QED) is 0.611. The molecule has 2 aliphatic rings. The second-order valence-electron chi connectivity index (χ2n) is 9.60. The summed E-state index contributed by atoms with van der Waals surface area (Å²) >= 11 is 0. The minimum absolute atomic E-state index is 0.267. The van der Waals surface area contributed by atoms with Gasteiger partial charge in [0.15, 0.2) is 11.5 Å². The summed E-state index contributed by atoms with van der Waals surface area (Å²) in [6.45, 7) is 2.87. The molecule has 6 heteroatoms. The number of fused-ring (bicyclic) bond motifs is 1. The number of rotatable bonds is 8. The molecular weight excluding hydrogens is 418 g/mol. The first-order chi connectivity index (χ1) is 15.9. The first kappa shape index (κ1) is 23.1. The maximum absolute atomic E-state index is 13.1. The fourth-order valence-electron chi connectivity index (χ4n) is 5.29. The van der Waals surface area contributed by atoms with E-state index >= 15 is 0 Å². The summed E-state index contributed by atoms with van der Waals surface area (Å²) in [6.07, 6.45) is 6.58. The average Bonchev–Trinajstić information content (AvgIpc) is 3.18. The molecule has 0 aliphatic heterocycles. The van der Waals surface area contributed by atoms with E-state index in [0.29, 0.717) is 29.6 Å². The summed E-state index contributed by atoms with van der Waals surface area (Å²) in [4.78, 5) is 25.3. The first-order valence-electron chi connectivity index (χ1n) is 11.8. The summed E-state index contributed by atoms with van der Waals surface area (Å²) in [5.74, 6) is 1.05. The third kappa shape index (κ3) is 5.15. The molecule has 2 aliphatic carbocycles. The van der Waals surface area contributed by atoms with Crippen LogP contribution < -0.4 is 14.8 Å². The van der Waals surface area contributed by atoms with E-state index in [0.717, 1.165) is 23.5 Å². The van der Waals surface area contributed by atoms with Gasteiger partial charge in [-0.15, -0.1) is 0 Å². The normalized spacial score (nSPS) is 21.2. The summed E-state index contributed by atoms with van der Waals surface area (Å²) in [5, 5.41) is 12.8. The van der Waals surface area contributed by atoms with Crippen LogP contribution >= 0.6 is 0 Å². The van der Waals surface area contributed by atoms with Gasteiger partial charge in [0.25, 0.3) is 5.91 Å². The van der Waals surface area contributed by atoms with Crippen LogP contribution in [-0.2, 0) is 17.6 Å². The Morgan fingerprint density at radius 2 is 1.82 bits per heavy atom. The number of carbonyl (C=O) groups excluding carboxylic acids is 1. The Kier molecular flexibility index (Phi) is 6.91. The number of carboxylic acids is 1. The van der Waals surface area contributed by atoms with Gasteiger partial charge in [0, 0.05) is 18.4 Å². The largest absolute Gasteiger partial charge is 0.493 e. The molecule has 2 aromatic carbocycles. The van der Waals surface area contributed by atoms with E-state index in [1.54, 1.807) is 25.3 Å². The van der Waals surface area contributed by atoms with E-state index in [-0.39, 0.29) is 12.8 Å². The number of aliphatic carboxylic acids is 1. The molecule has 33 heavy (non-hydrogen) atoms. The van der Waals surface area contributed by atoms with Gasteiger partial charge in [-0.25, -0.2) is 4.79 Å². The zero-order valence-electron chi connectivity index (χ0n) is 19.4. The van der Waals surface area contributed by atoms with E-state index in [2.05, 4.69) is 12.2 Å². The molecule has 1 amide bonds. The molecule has 0 saturated heterocycles. The lowest BCUT2D eigenvalue weighted by molar-refractivity contribution is -0.144. The molecule has 0 heterocycles. The first-order valence-corrected chi connectivity index (χ1v) is 11.8. The lowest BCUT2D eigenvalue weighted by Gasteiger charge is -2.27. The van der Waals surface area contributed by atoms with Gasteiger partial charge in [0.2, 0.25) is 0 Å². The van der Waals surface area contributed by atoms with Crippen molar-refractivity contribution in [3.05, 3.63) is 59.2 Å². The molecule has 4 rings (SSSR count). The van der Waals surface area contributed by atoms with E-state index in [1.807, 2.05) is 24.3 Å². The molecule has 0 radical (unpaired) electrons. The fourth-order valence-corrected chi connectivity index (χ4v) is 5.29. The van der Waals surface area contributed by atoms with Gasteiger partial charge in [-0.1, -0.05) is 50.5 Å². The molecule has 1 fully saturated rings. The topological polar surface area (TPSA) is 84.9 Å². The molecule has 0 spiro atoms. The number of methoxy groups -OCH3 is 1. The zero-order valence-corrected chi connectivity index (χ0v) is 19.4.